The molecule has 0 atom stereocenters. The highest BCUT2D eigenvalue weighted by Crippen LogP contribution is 3.02. The molecule has 0 unspecified atom stereocenters. The number of hydrogen-bond acceptors (Lipinski definition) is 2. The van der Waals surface area contributed by atoms with Crippen LogP contribution in [0.5, 0.6) is 5.75 Å². The van der Waals surface area contributed by atoms with Crippen molar-refractivity contribution in [1.82, 2.24) is 0 Å². The van der Waals surface area contributed by atoms with Crippen molar-refractivity contribution in [3.05, 3.63) is 59.7 Å². The summed E-state index contributed by atoms with van der Waals surface area (Å²) in [5.74, 6) is -0.686. The molecule has 8 heteroatoms. The highest BCUT2D eigenvalue weighted by molar-refractivity contribution is 8.45. The Morgan fingerprint density at radius 3 is 1.94 bits per heavy atom. The molecular weight excluding hydrogens is 483 g/mol. The molecule has 0 bridgehead atoms. The summed E-state index contributed by atoms with van der Waals surface area (Å²) in [6.45, 7) is 2.22. The van der Waals surface area contributed by atoms with Gasteiger partial charge in [0.25, 0.3) is 0 Å². The summed E-state index contributed by atoms with van der Waals surface area (Å²) in [6.07, 6.45) is 11.6. The molecule has 0 saturated heterocycles. The van der Waals surface area contributed by atoms with Crippen molar-refractivity contribution in [1.29, 1.82) is 0 Å². The number of unbranched alkanes of at least 4 members (excludes halogenated alkanes) is 5. The summed E-state index contributed by atoms with van der Waals surface area (Å²) in [6, 6.07) is 10.8. The molecule has 0 amide bonds. The van der Waals surface area contributed by atoms with Crippen LogP contribution in [0.4, 0.5) is 19.4 Å². The van der Waals surface area contributed by atoms with Gasteiger partial charge >= 0.3 is 16.2 Å². The fourth-order valence-corrected chi connectivity index (χ4v) is 5.34. The van der Waals surface area contributed by atoms with Crippen LogP contribution in [0.25, 0.3) is 0 Å². The lowest BCUT2D eigenvalue weighted by molar-refractivity contribution is -0.140. The molecule has 0 aromatic heterocycles. The largest absolute Gasteiger partial charge is 0.426 e. The van der Waals surface area contributed by atoms with Crippen LogP contribution in [0.3, 0.4) is 0 Å². The lowest BCUT2D eigenvalue weighted by Gasteiger charge is -2.40. The predicted molar refractivity (Wildman–Crippen MR) is 132 cm³/mol. The average molecular weight is 519 g/mol. The highest BCUT2D eigenvalue weighted by Gasteiger charge is 2.65. The maximum absolute atomic E-state index is 12.8. The Morgan fingerprint density at radius 2 is 1.37 bits per heavy atom. The van der Waals surface area contributed by atoms with E-state index in [1.165, 1.54) is 49.7 Å². The van der Waals surface area contributed by atoms with Gasteiger partial charge in [0.15, 0.2) is 0 Å². The summed E-state index contributed by atoms with van der Waals surface area (Å²) in [7, 11) is -9.74. The van der Waals surface area contributed by atoms with Crippen molar-refractivity contribution in [2.24, 2.45) is 5.92 Å². The van der Waals surface area contributed by atoms with E-state index in [0.29, 0.717) is 18.8 Å². The molecule has 2 aromatic rings. The number of hydrogen-bond donors (Lipinski definition) is 0. The average Bonchev–Trinajstić information content (AvgIpc) is 2.81. The number of esters is 1. The molecule has 1 fully saturated rings. The topological polar surface area (TPSA) is 26.3 Å². The van der Waals surface area contributed by atoms with Gasteiger partial charge in [0.1, 0.15) is 10.6 Å². The van der Waals surface area contributed by atoms with Gasteiger partial charge in [-0.3, -0.25) is 4.79 Å². The van der Waals surface area contributed by atoms with Gasteiger partial charge in [-0.15, -0.1) is 0 Å². The molecule has 1 aliphatic rings. The molecule has 196 valence electrons. The Labute approximate surface area is 205 Å². The van der Waals surface area contributed by atoms with Gasteiger partial charge < -0.3 is 4.74 Å². The Balaban J connectivity index is 1.44. The van der Waals surface area contributed by atoms with Crippen molar-refractivity contribution in [3.63, 3.8) is 0 Å². The monoisotopic (exact) mass is 518 g/mol. The van der Waals surface area contributed by atoms with Gasteiger partial charge in [-0.1, -0.05) is 82.7 Å². The fourth-order valence-electron chi connectivity index (χ4n) is 4.69. The molecule has 3 rings (SSSR count). The molecule has 0 N–H and O–H groups in total. The third kappa shape index (κ3) is 8.51. The zero-order valence-electron chi connectivity index (χ0n) is 20.2. The zero-order valence-corrected chi connectivity index (χ0v) is 21.0. The first kappa shape index (κ1) is 27.5. The SMILES string of the molecule is CCCCCCCCc1ccc([C@H]2CC[C@H](C(=O)Oc3ccc(S(F)(F)(F)(F)F)cc3)CC2)cc1. The number of carbonyl (C=O) groups excluding carboxylic acids is 1. The summed E-state index contributed by atoms with van der Waals surface area (Å²) in [5.41, 5.74) is 2.60. The maximum Gasteiger partial charge on any atom is 0.314 e. The second-order valence-corrected chi connectivity index (χ2v) is 12.1. The molecular formula is C27H35F5O2S. The summed E-state index contributed by atoms with van der Waals surface area (Å²) >= 11 is 0. The molecule has 0 heterocycles. The number of carbonyl (C=O) groups is 1. The third-order valence-electron chi connectivity index (χ3n) is 6.82. The van der Waals surface area contributed by atoms with E-state index in [0.717, 1.165) is 31.4 Å². The summed E-state index contributed by atoms with van der Waals surface area (Å²) < 4.78 is 69.3. The van der Waals surface area contributed by atoms with Gasteiger partial charge in [0.2, 0.25) is 0 Å². The van der Waals surface area contributed by atoms with E-state index < -0.39 is 21.1 Å². The van der Waals surface area contributed by atoms with E-state index in [2.05, 4.69) is 31.2 Å². The summed E-state index contributed by atoms with van der Waals surface area (Å²) in [4.78, 5) is 10.5. The van der Waals surface area contributed by atoms with E-state index >= 15 is 0 Å². The first-order valence-electron chi connectivity index (χ1n) is 12.5. The molecule has 1 aliphatic carbocycles. The highest BCUT2D eigenvalue weighted by atomic mass is 32.5. The Kier molecular flexibility index (Phi) is 8.24. The molecule has 0 spiro atoms. The minimum Gasteiger partial charge on any atom is -0.426 e. The van der Waals surface area contributed by atoms with Gasteiger partial charge in [0, 0.05) is 0 Å². The Hall–Kier alpha value is -2.09. The van der Waals surface area contributed by atoms with Crippen molar-refractivity contribution in [2.45, 2.75) is 88.4 Å². The quantitative estimate of drug-likeness (QED) is 0.128. The number of rotatable bonds is 11. The van der Waals surface area contributed by atoms with Crippen LogP contribution in [0.1, 0.15) is 88.2 Å². The van der Waals surface area contributed by atoms with E-state index in [1.807, 2.05) is 0 Å². The summed E-state index contributed by atoms with van der Waals surface area (Å²) in [5, 5.41) is 0. The van der Waals surface area contributed by atoms with Crippen LogP contribution >= 0.6 is 10.2 Å². The van der Waals surface area contributed by atoms with Gasteiger partial charge in [0.05, 0.1) is 5.92 Å². The normalized spacial score (nSPS) is 20.6. The Bertz CT molecular complexity index is 964. The molecule has 35 heavy (non-hydrogen) atoms. The van der Waals surface area contributed by atoms with Gasteiger partial charge in [-0.2, -0.15) is 0 Å². The minimum absolute atomic E-state index is 0.163. The smallest absolute Gasteiger partial charge is 0.314 e. The molecule has 1 saturated carbocycles. The second kappa shape index (κ2) is 10.5. The lowest BCUT2D eigenvalue weighted by atomic mass is 9.78. The van der Waals surface area contributed by atoms with Crippen LogP contribution in [-0.2, 0) is 11.2 Å². The first-order valence-corrected chi connectivity index (χ1v) is 14.5. The standard InChI is InChI=1S/C27H35F5O2S/c1-2-3-4-5-6-7-8-21-9-11-22(12-10-21)23-13-15-24(16-14-23)27(33)34-25-17-19-26(20-18-25)35(28,29,30,31)32/h9-12,17-20,23-24H,2-8,13-16H2,1H3/t23-,24-. The van der Waals surface area contributed by atoms with Crippen LogP contribution in [0, 0.1) is 5.92 Å². The number of halogens is 5. The van der Waals surface area contributed by atoms with Crippen molar-refractivity contribution < 1.29 is 29.0 Å². The molecule has 0 radical (unpaired) electrons. The maximum atomic E-state index is 12.8. The first-order chi connectivity index (χ1) is 16.4. The van der Waals surface area contributed by atoms with Gasteiger partial charge in [-0.05, 0) is 79.8 Å². The van der Waals surface area contributed by atoms with Crippen molar-refractivity contribution in [2.75, 3.05) is 0 Å². The fraction of sp³-hybridized carbons (Fsp3) is 0.519. The number of aryl methyl sites for hydroxylation is 1. The second-order valence-electron chi connectivity index (χ2n) is 9.67. The third-order valence-corrected chi connectivity index (χ3v) is 7.98. The van der Waals surface area contributed by atoms with Crippen molar-refractivity contribution >= 4 is 16.2 Å². The van der Waals surface area contributed by atoms with Crippen LogP contribution in [0.15, 0.2) is 53.4 Å². The molecule has 0 aliphatic heterocycles. The van der Waals surface area contributed by atoms with Gasteiger partial charge in [-0.25, -0.2) is 0 Å². The van der Waals surface area contributed by atoms with E-state index in [9.17, 15) is 24.2 Å². The Morgan fingerprint density at radius 1 is 0.800 bits per heavy atom. The number of benzene rings is 2. The molecule has 2 aromatic carbocycles. The van der Waals surface area contributed by atoms with Crippen molar-refractivity contribution in [3.8, 4) is 5.75 Å². The zero-order chi connectivity index (χ0) is 25.6. The predicted octanol–water partition coefficient (Wildman–Crippen LogP) is 10.1. The van der Waals surface area contributed by atoms with E-state index in [1.54, 1.807) is 0 Å². The lowest BCUT2D eigenvalue weighted by Crippen LogP contribution is -2.25. The van der Waals surface area contributed by atoms with E-state index in [4.69, 9.17) is 4.74 Å². The minimum atomic E-state index is -9.74. The van der Waals surface area contributed by atoms with Crippen LogP contribution in [0.2, 0.25) is 0 Å². The number of ether oxygens (including phenoxy) is 1. The van der Waals surface area contributed by atoms with E-state index in [-0.39, 0.29) is 23.8 Å². The van der Waals surface area contributed by atoms with Crippen LogP contribution < -0.4 is 4.74 Å². The van der Waals surface area contributed by atoms with Crippen LogP contribution in [-0.4, -0.2) is 5.97 Å². The molecule has 2 nitrogen and oxygen atoms in total.